The fraction of sp³-hybridized carbons (Fsp3) is 0.600. The van der Waals surface area contributed by atoms with Gasteiger partial charge < -0.3 is 20.2 Å². The molecule has 3 fully saturated rings. The van der Waals surface area contributed by atoms with E-state index in [1.54, 1.807) is 11.1 Å². The zero-order chi connectivity index (χ0) is 31.1. The molecule has 238 valence electrons. The number of likely N-dealkylation sites (N-methyl/N-ethyl adjacent to an activating group) is 1. The van der Waals surface area contributed by atoms with Crippen molar-refractivity contribution in [3.63, 3.8) is 0 Å². The molecule has 1 saturated carbocycles. The molecule has 1 spiro atoms. The first-order chi connectivity index (χ1) is 21.3. The van der Waals surface area contributed by atoms with Crippen LogP contribution in [0.5, 0.6) is 0 Å². The van der Waals surface area contributed by atoms with E-state index in [-0.39, 0.29) is 23.6 Å². The maximum Gasteiger partial charge on any atom is 0.253 e. The Balaban J connectivity index is 1.17. The minimum Gasteiger partial charge on any atom is -0.390 e. The Bertz CT molecular complexity index is 1260. The molecule has 2 atom stereocenters. The SMILES string of the molecule is CCCCN1C(=O)[C@@H]([C@H](O)C2CCCCC2)NC(=O)C12CCN(Cc1ccc(C(=O)N(C)CCc3ccccn3)cc1)CC2. The molecule has 2 saturated heterocycles. The predicted molar refractivity (Wildman–Crippen MR) is 170 cm³/mol. The van der Waals surface area contributed by atoms with E-state index < -0.39 is 17.7 Å². The fourth-order valence-corrected chi connectivity index (χ4v) is 7.20. The number of rotatable bonds is 11. The molecule has 3 heterocycles. The van der Waals surface area contributed by atoms with Gasteiger partial charge in [-0.3, -0.25) is 24.3 Å². The molecule has 9 nitrogen and oxygen atoms in total. The van der Waals surface area contributed by atoms with Gasteiger partial charge in [0.15, 0.2) is 0 Å². The lowest BCUT2D eigenvalue weighted by Crippen LogP contribution is -2.75. The van der Waals surface area contributed by atoms with Crippen molar-refractivity contribution in [3.8, 4) is 0 Å². The number of carbonyl (C=O) groups is 3. The predicted octanol–water partition coefficient (Wildman–Crippen LogP) is 3.80. The van der Waals surface area contributed by atoms with E-state index in [0.717, 1.165) is 49.8 Å². The van der Waals surface area contributed by atoms with Crippen molar-refractivity contribution in [3.05, 3.63) is 65.5 Å². The molecule has 2 N–H and O–H groups in total. The molecule has 3 amide bonds. The molecule has 2 aromatic rings. The van der Waals surface area contributed by atoms with Crippen molar-refractivity contribution >= 4 is 17.7 Å². The zero-order valence-electron chi connectivity index (χ0n) is 26.4. The minimum atomic E-state index is -0.859. The minimum absolute atomic E-state index is 0.0144. The molecular formula is C35H49N5O4. The summed E-state index contributed by atoms with van der Waals surface area (Å²) < 4.78 is 0. The number of pyridine rings is 1. The Morgan fingerprint density at radius 1 is 1.09 bits per heavy atom. The number of hydrogen-bond acceptors (Lipinski definition) is 6. The largest absolute Gasteiger partial charge is 0.390 e. The first kappa shape index (κ1) is 32.1. The van der Waals surface area contributed by atoms with Crippen LogP contribution in [0.4, 0.5) is 0 Å². The van der Waals surface area contributed by atoms with Crippen molar-refractivity contribution in [2.24, 2.45) is 5.92 Å². The fourth-order valence-electron chi connectivity index (χ4n) is 7.20. The summed E-state index contributed by atoms with van der Waals surface area (Å²) in [5.41, 5.74) is 1.87. The summed E-state index contributed by atoms with van der Waals surface area (Å²) in [5.74, 6) is -0.174. The average Bonchev–Trinajstić information content (AvgIpc) is 3.07. The van der Waals surface area contributed by atoms with Gasteiger partial charge in [-0.05, 0) is 67.9 Å². The summed E-state index contributed by atoms with van der Waals surface area (Å²) in [6.07, 6.45) is 9.67. The molecule has 0 bridgehead atoms. The molecule has 9 heteroatoms. The number of amides is 3. The van der Waals surface area contributed by atoms with Gasteiger partial charge in [0.05, 0.1) is 6.10 Å². The Hall–Kier alpha value is -3.30. The molecule has 0 radical (unpaired) electrons. The van der Waals surface area contributed by atoms with Gasteiger partial charge in [-0.1, -0.05) is 50.8 Å². The van der Waals surface area contributed by atoms with Crippen LogP contribution in [-0.4, -0.2) is 93.4 Å². The highest BCUT2D eigenvalue weighted by Gasteiger charge is 2.55. The number of aliphatic hydroxyl groups excluding tert-OH is 1. The van der Waals surface area contributed by atoms with Crippen molar-refractivity contribution in [2.45, 2.75) is 95.4 Å². The number of unbranched alkanes of at least 4 members (excludes halogenated alkanes) is 1. The number of hydrogen-bond donors (Lipinski definition) is 2. The van der Waals surface area contributed by atoms with E-state index in [9.17, 15) is 19.5 Å². The second-order valence-corrected chi connectivity index (χ2v) is 13.0. The van der Waals surface area contributed by atoms with Crippen LogP contribution in [0.3, 0.4) is 0 Å². The highest BCUT2D eigenvalue weighted by Crippen LogP contribution is 2.36. The van der Waals surface area contributed by atoms with Crippen molar-refractivity contribution in [2.75, 3.05) is 33.2 Å². The van der Waals surface area contributed by atoms with E-state index in [1.165, 1.54) is 6.42 Å². The maximum absolute atomic E-state index is 13.9. The number of benzene rings is 1. The van der Waals surface area contributed by atoms with Gasteiger partial charge >= 0.3 is 0 Å². The van der Waals surface area contributed by atoms with E-state index in [2.05, 4.69) is 22.1 Å². The number of nitrogens with zero attached hydrogens (tertiary/aromatic N) is 4. The molecule has 3 aliphatic rings. The number of aromatic nitrogens is 1. The van der Waals surface area contributed by atoms with Crippen LogP contribution in [0.25, 0.3) is 0 Å². The Morgan fingerprint density at radius 2 is 1.82 bits per heavy atom. The molecule has 2 aliphatic heterocycles. The van der Waals surface area contributed by atoms with Crippen LogP contribution in [-0.2, 0) is 22.6 Å². The standard InChI is InChI=1S/C35H49N5O4/c1-3-4-21-40-33(43)30(31(41)27-10-6-5-7-11-27)37-34(44)35(40)18-23-39(24-19-35)25-26-13-15-28(16-14-26)32(42)38(2)22-17-29-12-8-9-20-36-29/h8-9,12-16,20,27,30-31,41H,3-7,10-11,17-19,21-25H2,1-2H3,(H,37,44)/t30-,31-/m1/s1. The lowest BCUT2D eigenvalue weighted by atomic mass is 9.78. The highest BCUT2D eigenvalue weighted by molar-refractivity contribution is 6.00. The van der Waals surface area contributed by atoms with E-state index in [4.69, 9.17) is 0 Å². The maximum atomic E-state index is 13.9. The Labute approximate surface area is 262 Å². The van der Waals surface area contributed by atoms with Crippen molar-refractivity contribution in [1.29, 1.82) is 0 Å². The number of carbonyl (C=O) groups excluding carboxylic acids is 3. The summed E-state index contributed by atoms with van der Waals surface area (Å²) in [7, 11) is 1.82. The van der Waals surface area contributed by atoms with E-state index in [1.807, 2.05) is 54.4 Å². The summed E-state index contributed by atoms with van der Waals surface area (Å²) >= 11 is 0. The summed E-state index contributed by atoms with van der Waals surface area (Å²) in [4.78, 5) is 50.8. The van der Waals surface area contributed by atoms with Gasteiger partial charge in [-0.25, -0.2) is 0 Å². The Morgan fingerprint density at radius 3 is 2.48 bits per heavy atom. The van der Waals surface area contributed by atoms with Gasteiger partial charge in [0.1, 0.15) is 11.6 Å². The topological polar surface area (TPSA) is 106 Å². The number of piperazine rings is 1. The highest BCUT2D eigenvalue weighted by atomic mass is 16.3. The summed E-state index contributed by atoms with van der Waals surface area (Å²) in [6, 6.07) is 12.7. The van der Waals surface area contributed by atoms with Gasteiger partial charge in [-0.15, -0.1) is 0 Å². The third-order valence-corrected chi connectivity index (χ3v) is 10.0. The number of likely N-dealkylation sites (tertiary alicyclic amines) is 1. The van der Waals surface area contributed by atoms with Gasteiger partial charge in [0.2, 0.25) is 11.8 Å². The van der Waals surface area contributed by atoms with Gasteiger partial charge in [-0.2, -0.15) is 0 Å². The smallest absolute Gasteiger partial charge is 0.253 e. The zero-order valence-corrected chi connectivity index (χ0v) is 26.4. The molecule has 44 heavy (non-hydrogen) atoms. The number of piperidine rings is 1. The second-order valence-electron chi connectivity index (χ2n) is 13.0. The van der Waals surface area contributed by atoms with Crippen LogP contribution >= 0.6 is 0 Å². The lowest BCUT2D eigenvalue weighted by Gasteiger charge is -2.52. The second kappa shape index (κ2) is 14.7. The molecule has 5 rings (SSSR count). The number of aliphatic hydroxyl groups is 1. The average molecular weight is 604 g/mol. The van der Waals surface area contributed by atoms with E-state index >= 15 is 0 Å². The van der Waals surface area contributed by atoms with Crippen LogP contribution in [0.15, 0.2) is 48.7 Å². The first-order valence-electron chi connectivity index (χ1n) is 16.6. The number of nitrogens with one attached hydrogen (secondary N) is 1. The van der Waals surface area contributed by atoms with E-state index in [0.29, 0.717) is 57.5 Å². The summed E-state index contributed by atoms with van der Waals surface area (Å²) in [6.45, 7) is 5.33. The van der Waals surface area contributed by atoms with Crippen molar-refractivity contribution < 1.29 is 19.5 Å². The Kier molecular flexibility index (Phi) is 10.7. The van der Waals surface area contributed by atoms with Crippen LogP contribution < -0.4 is 5.32 Å². The molecule has 1 aromatic heterocycles. The first-order valence-corrected chi connectivity index (χ1v) is 16.6. The molecule has 1 aromatic carbocycles. The van der Waals surface area contributed by atoms with Crippen molar-refractivity contribution in [1.82, 2.24) is 25.0 Å². The summed E-state index contributed by atoms with van der Waals surface area (Å²) in [5, 5.41) is 14.2. The van der Waals surface area contributed by atoms with Crippen LogP contribution in [0, 0.1) is 5.92 Å². The third kappa shape index (κ3) is 7.15. The monoisotopic (exact) mass is 603 g/mol. The quantitative estimate of drug-likeness (QED) is 0.405. The molecule has 0 unspecified atom stereocenters. The molecule has 1 aliphatic carbocycles. The van der Waals surface area contributed by atoms with Gasteiger partial charge in [0, 0.05) is 63.6 Å². The van der Waals surface area contributed by atoms with Gasteiger partial charge in [0.25, 0.3) is 5.91 Å². The van der Waals surface area contributed by atoms with Crippen LogP contribution in [0.2, 0.25) is 0 Å². The molecular weight excluding hydrogens is 554 g/mol. The van der Waals surface area contributed by atoms with Crippen LogP contribution in [0.1, 0.15) is 86.3 Å². The lowest BCUT2D eigenvalue weighted by molar-refractivity contribution is -0.166. The third-order valence-electron chi connectivity index (χ3n) is 10.0. The normalized spacial score (nSPS) is 21.7.